The molecule has 3 heteroatoms. The van der Waals surface area contributed by atoms with Gasteiger partial charge in [0.25, 0.3) is 0 Å². The molecule has 2 nitrogen and oxygen atoms in total. The summed E-state index contributed by atoms with van der Waals surface area (Å²) in [5, 5.41) is 6.09. The molecule has 0 aromatic carbocycles. The molecule has 18 heavy (non-hydrogen) atoms. The second-order valence-electron chi connectivity index (χ2n) is 5.83. The van der Waals surface area contributed by atoms with Gasteiger partial charge in [0, 0.05) is 17.0 Å². The van der Waals surface area contributed by atoms with E-state index in [0.717, 1.165) is 0 Å². The molecule has 0 saturated carbocycles. The molecule has 1 aromatic heterocycles. The number of nitrogens with zero attached hydrogens (tertiary/aromatic N) is 1. The molecule has 2 rings (SSSR count). The Labute approximate surface area is 115 Å². The Balaban J connectivity index is 1.96. The summed E-state index contributed by atoms with van der Waals surface area (Å²) < 4.78 is 0. The summed E-state index contributed by atoms with van der Waals surface area (Å²) in [6, 6.07) is 5.64. The van der Waals surface area contributed by atoms with E-state index < -0.39 is 0 Å². The van der Waals surface area contributed by atoms with Crippen LogP contribution in [-0.2, 0) is 0 Å². The van der Waals surface area contributed by atoms with Crippen LogP contribution in [0.1, 0.15) is 44.0 Å². The van der Waals surface area contributed by atoms with Gasteiger partial charge in [0.15, 0.2) is 0 Å². The third-order valence-electron chi connectivity index (χ3n) is 3.88. The lowest BCUT2D eigenvalue weighted by Gasteiger charge is -2.27. The molecule has 1 N–H and O–H groups in total. The van der Waals surface area contributed by atoms with Gasteiger partial charge in [-0.05, 0) is 56.8 Å². The van der Waals surface area contributed by atoms with Crippen molar-refractivity contribution in [2.24, 2.45) is 5.92 Å². The topological polar surface area (TPSA) is 15.3 Å². The van der Waals surface area contributed by atoms with Crippen molar-refractivity contribution in [3.05, 3.63) is 22.4 Å². The minimum absolute atomic E-state index is 0.526. The third kappa shape index (κ3) is 3.81. The van der Waals surface area contributed by atoms with Crippen LogP contribution < -0.4 is 5.32 Å². The highest BCUT2D eigenvalue weighted by Crippen LogP contribution is 2.27. The second-order valence-corrected chi connectivity index (χ2v) is 6.81. The highest BCUT2D eigenvalue weighted by molar-refractivity contribution is 7.10. The van der Waals surface area contributed by atoms with Gasteiger partial charge in [0.1, 0.15) is 0 Å². The fourth-order valence-corrected chi connectivity index (χ4v) is 3.69. The fourth-order valence-electron chi connectivity index (χ4n) is 2.73. The molecule has 1 aromatic rings. The van der Waals surface area contributed by atoms with Gasteiger partial charge in [-0.1, -0.05) is 19.9 Å². The number of nitrogens with one attached hydrogen (secondary N) is 1. The molecule has 1 fully saturated rings. The maximum absolute atomic E-state index is 3.90. The predicted molar refractivity (Wildman–Crippen MR) is 80.2 cm³/mol. The first kappa shape index (κ1) is 14.0. The van der Waals surface area contributed by atoms with E-state index in [1.807, 2.05) is 11.3 Å². The maximum atomic E-state index is 3.90. The monoisotopic (exact) mass is 266 g/mol. The summed E-state index contributed by atoms with van der Waals surface area (Å²) in [6.07, 6.45) is 3.92. The van der Waals surface area contributed by atoms with Gasteiger partial charge in [-0.25, -0.2) is 0 Å². The van der Waals surface area contributed by atoms with Crippen LogP contribution in [0.25, 0.3) is 0 Å². The first-order chi connectivity index (χ1) is 8.66. The van der Waals surface area contributed by atoms with Gasteiger partial charge in [0.05, 0.1) is 0 Å². The Hall–Kier alpha value is -0.380. The summed E-state index contributed by atoms with van der Waals surface area (Å²) in [6.45, 7) is 7.12. The number of likely N-dealkylation sites (tertiary alicyclic amines) is 1. The van der Waals surface area contributed by atoms with Crippen LogP contribution in [-0.4, -0.2) is 31.1 Å². The average molecular weight is 266 g/mol. The van der Waals surface area contributed by atoms with Crippen LogP contribution in [0.3, 0.4) is 0 Å². The first-order valence-corrected chi connectivity index (χ1v) is 8.03. The van der Waals surface area contributed by atoms with Gasteiger partial charge in [-0.3, -0.25) is 0 Å². The van der Waals surface area contributed by atoms with Crippen molar-refractivity contribution in [1.29, 1.82) is 0 Å². The molecule has 2 atom stereocenters. The van der Waals surface area contributed by atoms with E-state index in [2.05, 4.69) is 48.6 Å². The van der Waals surface area contributed by atoms with Gasteiger partial charge in [-0.2, -0.15) is 0 Å². The van der Waals surface area contributed by atoms with E-state index in [9.17, 15) is 0 Å². The summed E-state index contributed by atoms with van der Waals surface area (Å²) in [5.74, 6) is 0.657. The molecule has 0 radical (unpaired) electrons. The van der Waals surface area contributed by atoms with Crippen LogP contribution in [0, 0.1) is 5.92 Å². The summed E-state index contributed by atoms with van der Waals surface area (Å²) in [7, 11) is 2.24. The Morgan fingerprint density at radius 2 is 2.17 bits per heavy atom. The predicted octanol–water partition coefficient (Wildman–Crippen LogP) is 3.52. The number of hydrogen-bond acceptors (Lipinski definition) is 3. The molecule has 102 valence electrons. The van der Waals surface area contributed by atoms with Gasteiger partial charge in [-0.15, -0.1) is 11.3 Å². The van der Waals surface area contributed by atoms with Gasteiger partial charge in [0.2, 0.25) is 0 Å². The molecule has 1 aliphatic rings. The Bertz CT molecular complexity index is 334. The molecular formula is C15H26N2S. The molecule has 0 spiro atoms. The van der Waals surface area contributed by atoms with Crippen LogP contribution in [0.2, 0.25) is 0 Å². The largest absolute Gasteiger partial charge is 0.306 e. The van der Waals surface area contributed by atoms with Crippen molar-refractivity contribution in [2.75, 3.05) is 20.1 Å². The zero-order valence-electron chi connectivity index (χ0n) is 11.9. The SMILES string of the molecule is CC(C)C(NC1CCCN(C)CC1)c1cccs1. The van der Waals surface area contributed by atoms with E-state index in [0.29, 0.717) is 18.0 Å². The standard InChI is InChI=1S/C15H26N2S/c1-12(2)15(14-7-5-11-18-14)16-13-6-4-9-17(3)10-8-13/h5,7,11-13,15-16H,4,6,8-10H2,1-3H3. The number of rotatable bonds is 4. The first-order valence-electron chi connectivity index (χ1n) is 7.15. The quantitative estimate of drug-likeness (QED) is 0.897. The molecule has 2 unspecified atom stereocenters. The fraction of sp³-hybridized carbons (Fsp3) is 0.733. The van der Waals surface area contributed by atoms with Crippen LogP contribution in [0.5, 0.6) is 0 Å². The van der Waals surface area contributed by atoms with Crippen molar-refractivity contribution < 1.29 is 0 Å². The summed E-state index contributed by atoms with van der Waals surface area (Å²) in [5.41, 5.74) is 0. The van der Waals surface area contributed by atoms with E-state index in [-0.39, 0.29) is 0 Å². The van der Waals surface area contributed by atoms with Crippen molar-refractivity contribution in [3.8, 4) is 0 Å². The molecule has 0 amide bonds. The zero-order chi connectivity index (χ0) is 13.0. The number of thiophene rings is 1. The minimum Gasteiger partial charge on any atom is -0.306 e. The van der Waals surface area contributed by atoms with Crippen molar-refractivity contribution in [3.63, 3.8) is 0 Å². The van der Waals surface area contributed by atoms with E-state index in [1.165, 1.54) is 37.2 Å². The van der Waals surface area contributed by atoms with E-state index in [1.54, 1.807) is 0 Å². The van der Waals surface area contributed by atoms with Crippen molar-refractivity contribution in [1.82, 2.24) is 10.2 Å². The van der Waals surface area contributed by atoms with Gasteiger partial charge >= 0.3 is 0 Å². The molecule has 1 saturated heterocycles. The van der Waals surface area contributed by atoms with E-state index >= 15 is 0 Å². The van der Waals surface area contributed by atoms with Crippen LogP contribution in [0.4, 0.5) is 0 Å². The van der Waals surface area contributed by atoms with E-state index in [4.69, 9.17) is 0 Å². The lowest BCUT2D eigenvalue weighted by atomic mass is 9.99. The average Bonchev–Trinajstić information content (AvgIpc) is 2.77. The molecule has 0 aliphatic carbocycles. The minimum atomic E-state index is 0.526. The zero-order valence-corrected chi connectivity index (χ0v) is 12.7. The smallest absolute Gasteiger partial charge is 0.0440 e. The molecule has 1 aliphatic heterocycles. The van der Waals surface area contributed by atoms with Crippen molar-refractivity contribution in [2.45, 2.75) is 45.2 Å². The van der Waals surface area contributed by atoms with Crippen LogP contribution in [0.15, 0.2) is 17.5 Å². The van der Waals surface area contributed by atoms with Crippen molar-refractivity contribution >= 4 is 11.3 Å². The summed E-state index contributed by atoms with van der Waals surface area (Å²) >= 11 is 1.88. The number of hydrogen-bond donors (Lipinski definition) is 1. The lowest BCUT2D eigenvalue weighted by Crippen LogP contribution is -2.35. The lowest BCUT2D eigenvalue weighted by molar-refractivity contribution is 0.323. The highest BCUT2D eigenvalue weighted by Gasteiger charge is 2.22. The normalized spacial score (nSPS) is 24.1. The molecule has 0 bridgehead atoms. The highest BCUT2D eigenvalue weighted by atomic mass is 32.1. The molecular weight excluding hydrogens is 240 g/mol. The van der Waals surface area contributed by atoms with Crippen LogP contribution >= 0.6 is 11.3 Å². The Morgan fingerprint density at radius 3 is 2.83 bits per heavy atom. The molecule has 2 heterocycles. The second kappa shape index (κ2) is 6.69. The third-order valence-corrected chi connectivity index (χ3v) is 4.84. The van der Waals surface area contributed by atoms with Gasteiger partial charge < -0.3 is 10.2 Å². The maximum Gasteiger partial charge on any atom is 0.0440 e. The Kier molecular flexibility index (Phi) is 5.22. The Morgan fingerprint density at radius 1 is 1.33 bits per heavy atom. The summed E-state index contributed by atoms with van der Waals surface area (Å²) in [4.78, 5) is 3.94.